The van der Waals surface area contributed by atoms with E-state index in [0.29, 0.717) is 6.54 Å². The molecule has 1 aromatic rings. The van der Waals surface area contributed by atoms with Crippen LogP contribution in [0.2, 0.25) is 5.02 Å². The Kier molecular flexibility index (Phi) is 5.29. The van der Waals surface area contributed by atoms with Gasteiger partial charge in [0.1, 0.15) is 5.82 Å². The van der Waals surface area contributed by atoms with Crippen LogP contribution in [0.25, 0.3) is 0 Å². The molecule has 19 heavy (non-hydrogen) atoms. The van der Waals surface area contributed by atoms with Crippen molar-refractivity contribution < 1.29 is 14.3 Å². The molecule has 0 aliphatic heterocycles. The summed E-state index contributed by atoms with van der Waals surface area (Å²) in [6, 6.07) is 3.76. The van der Waals surface area contributed by atoms with Crippen LogP contribution in [-0.4, -0.2) is 48.7 Å². The Labute approximate surface area is 117 Å². The smallest absolute Gasteiger partial charge is 0.254 e. The van der Waals surface area contributed by atoms with Crippen LogP contribution in [0.3, 0.4) is 0 Å². The number of hydrogen-bond donors (Lipinski definition) is 2. The fourth-order valence-electron chi connectivity index (χ4n) is 1.77. The Balaban J connectivity index is 2.68. The van der Waals surface area contributed by atoms with E-state index < -0.39 is 17.3 Å². The van der Waals surface area contributed by atoms with Gasteiger partial charge in [-0.25, -0.2) is 4.39 Å². The predicted molar refractivity (Wildman–Crippen MR) is 72.9 cm³/mol. The van der Waals surface area contributed by atoms with Crippen molar-refractivity contribution in [1.82, 2.24) is 10.2 Å². The van der Waals surface area contributed by atoms with Crippen molar-refractivity contribution in [2.45, 2.75) is 12.5 Å². The summed E-state index contributed by atoms with van der Waals surface area (Å²) in [6.07, 6.45) is 0. The number of amides is 1. The Hall–Kier alpha value is -1.17. The third kappa shape index (κ3) is 5.14. The van der Waals surface area contributed by atoms with Crippen LogP contribution >= 0.6 is 11.6 Å². The van der Waals surface area contributed by atoms with Crippen LogP contribution in [0.4, 0.5) is 4.39 Å². The van der Waals surface area contributed by atoms with E-state index in [4.69, 9.17) is 11.6 Å². The number of nitrogens with one attached hydrogen (secondary N) is 1. The summed E-state index contributed by atoms with van der Waals surface area (Å²) in [4.78, 5) is 13.6. The summed E-state index contributed by atoms with van der Waals surface area (Å²) in [6.45, 7) is 2.00. The molecule has 0 radical (unpaired) electrons. The fourth-order valence-corrected chi connectivity index (χ4v) is 1.95. The number of halogens is 2. The van der Waals surface area contributed by atoms with E-state index in [1.54, 1.807) is 11.8 Å². The lowest BCUT2D eigenvalue weighted by Gasteiger charge is -2.27. The molecule has 0 aliphatic carbocycles. The molecule has 2 N–H and O–H groups in total. The molecule has 106 valence electrons. The quantitative estimate of drug-likeness (QED) is 0.864. The molecule has 1 amide bonds. The molecule has 0 aromatic heterocycles. The van der Waals surface area contributed by atoms with Crippen LogP contribution in [0.15, 0.2) is 18.2 Å². The predicted octanol–water partition coefficient (Wildman–Crippen LogP) is 1.52. The lowest BCUT2D eigenvalue weighted by Crippen LogP contribution is -2.47. The third-order valence-corrected chi connectivity index (χ3v) is 2.69. The highest BCUT2D eigenvalue weighted by molar-refractivity contribution is 6.30. The molecule has 1 unspecified atom stereocenters. The van der Waals surface area contributed by atoms with Crippen LogP contribution in [-0.2, 0) is 0 Å². The highest BCUT2D eigenvalue weighted by Crippen LogP contribution is 2.15. The second-order valence-electron chi connectivity index (χ2n) is 5.04. The van der Waals surface area contributed by atoms with Crippen molar-refractivity contribution in [1.29, 1.82) is 0 Å². The Bertz CT molecular complexity index is 464. The van der Waals surface area contributed by atoms with Crippen LogP contribution in [0.5, 0.6) is 0 Å². The minimum absolute atomic E-state index is 0.0238. The van der Waals surface area contributed by atoms with Crippen LogP contribution < -0.4 is 5.32 Å². The maximum Gasteiger partial charge on any atom is 0.254 e. The summed E-state index contributed by atoms with van der Waals surface area (Å²) in [5, 5.41) is 12.8. The Morgan fingerprint density at radius 1 is 1.53 bits per heavy atom. The van der Waals surface area contributed by atoms with Gasteiger partial charge < -0.3 is 15.3 Å². The summed E-state index contributed by atoms with van der Waals surface area (Å²) >= 11 is 5.72. The number of carbonyl (C=O) groups excluding carboxylic acids is 1. The molecular weight excluding hydrogens is 271 g/mol. The molecule has 0 saturated heterocycles. The lowest BCUT2D eigenvalue weighted by molar-refractivity contribution is 0.0325. The molecule has 0 heterocycles. The van der Waals surface area contributed by atoms with Gasteiger partial charge >= 0.3 is 0 Å². The first-order valence-electron chi connectivity index (χ1n) is 5.82. The molecule has 4 nitrogen and oxygen atoms in total. The number of likely N-dealkylation sites (N-methyl/N-ethyl adjacent to an activating group) is 1. The van der Waals surface area contributed by atoms with E-state index in [-0.39, 0.29) is 17.1 Å². The van der Waals surface area contributed by atoms with Gasteiger partial charge in [0, 0.05) is 18.1 Å². The van der Waals surface area contributed by atoms with Gasteiger partial charge in [0.15, 0.2) is 0 Å². The van der Waals surface area contributed by atoms with Gasteiger partial charge in [0.05, 0.1) is 11.2 Å². The van der Waals surface area contributed by atoms with E-state index in [2.05, 4.69) is 5.32 Å². The van der Waals surface area contributed by atoms with E-state index in [1.807, 2.05) is 14.1 Å². The van der Waals surface area contributed by atoms with E-state index in [1.165, 1.54) is 12.1 Å². The second kappa shape index (κ2) is 6.32. The van der Waals surface area contributed by atoms with E-state index in [0.717, 1.165) is 6.07 Å². The molecule has 0 aliphatic rings. The number of carbonyl (C=O) groups is 1. The Morgan fingerprint density at radius 3 is 2.74 bits per heavy atom. The maximum absolute atomic E-state index is 13.5. The number of rotatable bonds is 5. The maximum atomic E-state index is 13.5. The lowest BCUT2D eigenvalue weighted by atomic mass is 10.1. The first-order chi connectivity index (χ1) is 8.71. The molecule has 0 spiro atoms. The van der Waals surface area contributed by atoms with Crippen molar-refractivity contribution in [3.05, 3.63) is 34.6 Å². The number of benzene rings is 1. The van der Waals surface area contributed by atoms with Crippen molar-refractivity contribution in [3.63, 3.8) is 0 Å². The first kappa shape index (κ1) is 15.9. The molecule has 1 aromatic carbocycles. The molecule has 6 heteroatoms. The van der Waals surface area contributed by atoms with Crippen molar-refractivity contribution >= 4 is 17.5 Å². The summed E-state index contributed by atoms with van der Waals surface area (Å²) in [5.74, 6) is -1.24. The summed E-state index contributed by atoms with van der Waals surface area (Å²) < 4.78 is 13.5. The van der Waals surface area contributed by atoms with Gasteiger partial charge in [-0.05, 0) is 39.2 Å². The first-order valence-corrected chi connectivity index (χ1v) is 6.19. The van der Waals surface area contributed by atoms with Crippen LogP contribution in [0, 0.1) is 5.82 Å². The standard InChI is InChI=1S/C13H18ClFN2O2/c1-13(19,8-17(2)3)7-16-12(18)10-6-9(14)4-5-11(10)15/h4-6,19H,7-8H2,1-3H3,(H,16,18). The highest BCUT2D eigenvalue weighted by atomic mass is 35.5. The monoisotopic (exact) mass is 288 g/mol. The minimum atomic E-state index is -1.09. The molecule has 1 atom stereocenters. The molecular formula is C13H18ClFN2O2. The van der Waals surface area contributed by atoms with Gasteiger partial charge in [-0.15, -0.1) is 0 Å². The molecule has 0 fully saturated rings. The van der Waals surface area contributed by atoms with Crippen molar-refractivity contribution in [2.75, 3.05) is 27.2 Å². The van der Waals surface area contributed by atoms with Gasteiger partial charge in [-0.2, -0.15) is 0 Å². The molecule has 1 rings (SSSR count). The second-order valence-corrected chi connectivity index (χ2v) is 5.48. The van der Waals surface area contributed by atoms with Crippen molar-refractivity contribution in [3.8, 4) is 0 Å². The van der Waals surface area contributed by atoms with E-state index in [9.17, 15) is 14.3 Å². The third-order valence-electron chi connectivity index (χ3n) is 2.46. The number of hydrogen-bond acceptors (Lipinski definition) is 3. The van der Waals surface area contributed by atoms with E-state index >= 15 is 0 Å². The summed E-state index contributed by atoms with van der Waals surface area (Å²) in [5.41, 5.74) is -1.22. The zero-order valence-electron chi connectivity index (χ0n) is 11.2. The zero-order valence-corrected chi connectivity index (χ0v) is 12.0. The molecule has 0 bridgehead atoms. The average molecular weight is 289 g/mol. The fraction of sp³-hybridized carbons (Fsp3) is 0.462. The zero-order chi connectivity index (χ0) is 14.6. The Morgan fingerprint density at radius 2 is 2.16 bits per heavy atom. The van der Waals surface area contributed by atoms with Gasteiger partial charge in [0.25, 0.3) is 5.91 Å². The number of nitrogens with zero attached hydrogens (tertiary/aromatic N) is 1. The van der Waals surface area contributed by atoms with Crippen LogP contribution in [0.1, 0.15) is 17.3 Å². The van der Waals surface area contributed by atoms with Gasteiger partial charge in [-0.3, -0.25) is 4.79 Å². The molecule has 0 saturated carbocycles. The summed E-state index contributed by atoms with van der Waals surface area (Å²) in [7, 11) is 3.62. The largest absolute Gasteiger partial charge is 0.387 e. The minimum Gasteiger partial charge on any atom is -0.387 e. The van der Waals surface area contributed by atoms with Gasteiger partial charge in [-0.1, -0.05) is 11.6 Å². The highest BCUT2D eigenvalue weighted by Gasteiger charge is 2.23. The van der Waals surface area contributed by atoms with Gasteiger partial charge in [0.2, 0.25) is 0 Å². The average Bonchev–Trinajstić information content (AvgIpc) is 2.27. The normalized spacial score (nSPS) is 14.3. The van der Waals surface area contributed by atoms with Crippen molar-refractivity contribution in [2.24, 2.45) is 0 Å². The number of aliphatic hydroxyl groups is 1. The topological polar surface area (TPSA) is 52.6 Å². The SMILES string of the molecule is CN(C)CC(C)(O)CNC(=O)c1cc(Cl)ccc1F.